The molecule has 110 valence electrons. The second-order valence-electron chi connectivity index (χ2n) is 5.17. The minimum absolute atomic E-state index is 0.00949. The summed E-state index contributed by atoms with van der Waals surface area (Å²) in [7, 11) is 1.43. The van der Waals surface area contributed by atoms with E-state index in [2.05, 4.69) is 4.90 Å². The largest absolute Gasteiger partial charge is 0.490 e. The van der Waals surface area contributed by atoms with Crippen LogP contribution in [-0.4, -0.2) is 41.7 Å². The highest BCUT2D eigenvalue weighted by Crippen LogP contribution is 2.28. The molecule has 6 nitrogen and oxygen atoms in total. The Labute approximate surface area is 118 Å². The van der Waals surface area contributed by atoms with Gasteiger partial charge in [-0.1, -0.05) is 6.07 Å². The van der Waals surface area contributed by atoms with E-state index in [0.717, 1.165) is 31.5 Å². The van der Waals surface area contributed by atoms with Crippen molar-refractivity contribution in [3.63, 3.8) is 0 Å². The fraction of sp³-hybridized carbons (Fsp3) is 0.571. The molecule has 1 aromatic carbocycles. The summed E-state index contributed by atoms with van der Waals surface area (Å²) in [4.78, 5) is 12.8. The first kappa shape index (κ1) is 14.7. The van der Waals surface area contributed by atoms with Crippen LogP contribution in [0.2, 0.25) is 0 Å². The molecule has 1 heterocycles. The number of aliphatic hydroxyl groups excluding tert-OH is 1. The first-order valence-corrected chi connectivity index (χ1v) is 6.78. The van der Waals surface area contributed by atoms with Crippen LogP contribution in [0.5, 0.6) is 5.75 Å². The summed E-state index contributed by atoms with van der Waals surface area (Å²) in [6.07, 6.45) is 1.96. The molecule has 1 aliphatic heterocycles. The first-order chi connectivity index (χ1) is 9.63. The molecule has 1 N–H and O–H groups in total. The summed E-state index contributed by atoms with van der Waals surface area (Å²) in [5.41, 5.74) is 0.926. The van der Waals surface area contributed by atoms with Crippen molar-refractivity contribution in [2.75, 3.05) is 26.8 Å². The molecule has 1 saturated heterocycles. The fourth-order valence-electron chi connectivity index (χ4n) is 2.56. The number of nitrogens with zero attached hydrogens (tertiary/aromatic N) is 2. The molecular formula is C14H20N2O4. The smallest absolute Gasteiger partial charge is 0.311 e. The van der Waals surface area contributed by atoms with Gasteiger partial charge < -0.3 is 9.84 Å². The Balaban J connectivity index is 2.03. The molecule has 2 rings (SSSR count). The molecule has 1 fully saturated rings. The Kier molecular flexibility index (Phi) is 4.92. The molecule has 20 heavy (non-hydrogen) atoms. The monoisotopic (exact) mass is 280 g/mol. The number of benzene rings is 1. The highest BCUT2D eigenvalue weighted by atomic mass is 16.6. The lowest BCUT2D eigenvalue weighted by Gasteiger charge is -2.31. The maximum absolute atomic E-state index is 11.0. The molecular weight excluding hydrogens is 260 g/mol. The Bertz CT molecular complexity index is 470. The number of likely N-dealkylation sites (tertiary alicyclic amines) is 1. The van der Waals surface area contributed by atoms with Crippen molar-refractivity contribution < 1.29 is 14.8 Å². The molecule has 1 aliphatic rings. The lowest BCUT2D eigenvalue weighted by Crippen LogP contribution is -2.34. The van der Waals surface area contributed by atoms with E-state index in [-0.39, 0.29) is 18.0 Å². The van der Waals surface area contributed by atoms with Crippen molar-refractivity contribution in [2.24, 2.45) is 5.92 Å². The number of piperidine rings is 1. The van der Waals surface area contributed by atoms with Gasteiger partial charge in [0.1, 0.15) is 0 Å². The predicted octanol–water partition coefficient (Wildman–Crippen LogP) is 1.81. The summed E-state index contributed by atoms with van der Waals surface area (Å²) in [5.74, 6) is 0.689. The van der Waals surface area contributed by atoms with Gasteiger partial charge in [0, 0.05) is 19.2 Å². The van der Waals surface area contributed by atoms with Crippen LogP contribution < -0.4 is 4.74 Å². The lowest BCUT2D eigenvalue weighted by atomic mass is 9.97. The molecule has 0 bridgehead atoms. The average Bonchev–Trinajstić information content (AvgIpc) is 2.48. The molecule has 0 aromatic heterocycles. The van der Waals surface area contributed by atoms with Gasteiger partial charge in [-0.05, 0) is 43.5 Å². The summed E-state index contributed by atoms with van der Waals surface area (Å²) >= 11 is 0. The minimum atomic E-state index is -0.416. The van der Waals surface area contributed by atoms with Crippen LogP contribution in [-0.2, 0) is 6.54 Å². The van der Waals surface area contributed by atoms with E-state index in [0.29, 0.717) is 12.5 Å². The highest BCUT2D eigenvalue weighted by Gasteiger charge is 2.20. The van der Waals surface area contributed by atoms with Crippen molar-refractivity contribution in [3.05, 3.63) is 33.9 Å². The van der Waals surface area contributed by atoms with Crippen molar-refractivity contribution in [2.45, 2.75) is 19.4 Å². The third kappa shape index (κ3) is 3.46. The van der Waals surface area contributed by atoms with E-state index >= 15 is 0 Å². The number of hydrogen-bond donors (Lipinski definition) is 1. The molecule has 0 unspecified atom stereocenters. The number of ether oxygens (including phenoxy) is 1. The van der Waals surface area contributed by atoms with E-state index in [1.165, 1.54) is 7.11 Å². The minimum Gasteiger partial charge on any atom is -0.490 e. The van der Waals surface area contributed by atoms with Gasteiger partial charge in [0.25, 0.3) is 0 Å². The summed E-state index contributed by atoms with van der Waals surface area (Å²) in [5, 5.41) is 20.1. The second kappa shape index (κ2) is 6.67. The predicted molar refractivity (Wildman–Crippen MR) is 74.7 cm³/mol. The molecule has 0 aliphatic carbocycles. The molecule has 1 aromatic rings. The van der Waals surface area contributed by atoms with Crippen LogP contribution in [0, 0.1) is 16.0 Å². The van der Waals surface area contributed by atoms with E-state index in [1.54, 1.807) is 12.1 Å². The van der Waals surface area contributed by atoms with Crippen molar-refractivity contribution >= 4 is 5.69 Å². The SMILES string of the molecule is COc1ccc(CN2CCC(CO)CC2)cc1[N+](=O)[O-]. The van der Waals surface area contributed by atoms with E-state index in [1.807, 2.05) is 6.07 Å². The molecule has 6 heteroatoms. The van der Waals surface area contributed by atoms with Gasteiger partial charge in [-0.25, -0.2) is 0 Å². The first-order valence-electron chi connectivity index (χ1n) is 6.78. The highest BCUT2D eigenvalue weighted by molar-refractivity contribution is 5.48. The number of nitro groups is 1. The quantitative estimate of drug-likeness (QED) is 0.657. The van der Waals surface area contributed by atoms with Gasteiger partial charge in [0.2, 0.25) is 0 Å². The normalized spacial score (nSPS) is 17.1. The van der Waals surface area contributed by atoms with E-state index in [9.17, 15) is 10.1 Å². The zero-order valence-electron chi connectivity index (χ0n) is 11.6. The summed E-state index contributed by atoms with van der Waals surface area (Å²) < 4.78 is 5.00. The van der Waals surface area contributed by atoms with Crippen LogP contribution in [0.3, 0.4) is 0 Å². The Morgan fingerprint density at radius 3 is 2.70 bits per heavy atom. The molecule has 0 spiro atoms. The number of rotatable bonds is 5. The summed E-state index contributed by atoms with van der Waals surface area (Å²) in [6.45, 7) is 2.79. The van der Waals surface area contributed by atoms with Crippen LogP contribution >= 0.6 is 0 Å². The van der Waals surface area contributed by atoms with Crippen molar-refractivity contribution in [3.8, 4) is 5.75 Å². The topological polar surface area (TPSA) is 75.8 Å². The number of nitro benzene ring substituents is 1. The van der Waals surface area contributed by atoms with Crippen LogP contribution in [0.4, 0.5) is 5.69 Å². The lowest BCUT2D eigenvalue weighted by molar-refractivity contribution is -0.385. The van der Waals surface area contributed by atoms with Crippen LogP contribution in [0.1, 0.15) is 18.4 Å². The Morgan fingerprint density at radius 1 is 1.45 bits per heavy atom. The average molecular weight is 280 g/mol. The van der Waals surface area contributed by atoms with E-state index < -0.39 is 4.92 Å². The maximum Gasteiger partial charge on any atom is 0.311 e. The van der Waals surface area contributed by atoms with E-state index in [4.69, 9.17) is 9.84 Å². The van der Waals surface area contributed by atoms with Gasteiger partial charge >= 0.3 is 5.69 Å². The number of aliphatic hydroxyl groups is 1. The maximum atomic E-state index is 11.0. The molecule has 0 saturated carbocycles. The molecule has 0 atom stereocenters. The van der Waals surface area contributed by atoms with Gasteiger partial charge in [-0.2, -0.15) is 0 Å². The van der Waals surface area contributed by atoms with Crippen LogP contribution in [0.15, 0.2) is 18.2 Å². The van der Waals surface area contributed by atoms with Gasteiger partial charge in [0.05, 0.1) is 12.0 Å². The third-order valence-electron chi connectivity index (χ3n) is 3.81. The Morgan fingerprint density at radius 2 is 2.15 bits per heavy atom. The van der Waals surface area contributed by atoms with Crippen molar-refractivity contribution in [1.29, 1.82) is 0 Å². The standard InChI is InChI=1S/C14H20N2O4/c1-20-14-3-2-12(8-13(14)16(18)19)9-15-6-4-11(10-17)5-7-15/h2-3,8,11,17H,4-7,9-10H2,1H3. The van der Waals surface area contributed by atoms with Crippen molar-refractivity contribution in [1.82, 2.24) is 4.90 Å². The summed E-state index contributed by atoms with van der Waals surface area (Å²) in [6, 6.07) is 5.09. The number of hydrogen-bond acceptors (Lipinski definition) is 5. The third-order valence-corrected chi connectivity index (χ3v) is 3.81. The van der Waals surface area contributed by atoms with Crippen LogP contribution in [0.25, 0.3) is 0 Å². The number of methoxy groups -OCH3 is 1. The second-order valence-corrected chi connectivity index (χ2v) is 5.17. The molecule has 0 radical (unpaired) electrons. The fourth-order valence-corrected chi connectivity index (χ4v) is 2.56. The van der Waals surface area contributed by atoms with Gasteiger partial charge in [0.15, 0.2) is 5.75 Å². The molecule has 0 amide bonds. The van der Waals surface area contributed by atoms with Gasteiger partial charge in [-0.3, -0.25) is 15.0 Å². The zero-order valence-corrected chi connectivity index (χ0v) is 11.6. The van der Waals surface area contributed by atoms with Gasteiger partial charge in [-0.15, -0.1) is 0 Å². The Hall–Kier alpha value is -1.66. The zero-order chi connectivity index (χ0) is 14.5.